The predicted octanol–water partition coefficient (Wildman–Crippen LogP) is 22.2. The molecule has 0 fully saturated rings. The molecule has 2 atom stereocenters. The molecule has 0 N–H and O–H groups in total. The molecule has 0 saturated heterocycles. The largest absolute Gasteiger partial charge is 0.456 e. The zero-order chi connectivity index (χ0) is 59.5. The Bertz CT molecular complexity index is 3880. The Balaban J connectivity index is 0.00000389. The van der Waals surface area contributed by atoms with Gasteiger partial charge < -0.3 is 19.1 Å². The van der Waals surface area contributed by atoms with Crippen LogP contribution in [0.2, 0.25) is 0 Å². The van der Waals surface area contributed by atoms with Gasteiger partial charge in [0.2, 0.25) is 6.71 Å². The van der Waals surface area contributed by atoms with Gasteiger partial charge in [-0.25, -0.2) is 0 Å². The van der Waals surface area contributed by atoms with Gasteiger partial charge in [0.15, 0.2) is 0 Å². The second-order valence-corrected chi connectivity index (χ2v) is 26.0. The molecule has 0 bridgehead atoms. The number of benzene rings is 6. The third-order valence-electron chi connectivity index (χ3n) is 17.4. The summed E-state index contributed by atoms with van der Waals surface area (Å²) < 4.78 is 6.29. The van der Waals surface area contributed by atoms with Crippen LogP contribution in [0.25, 0.3) is 44.2 Å². The Morgan fingerprint density at radius 2 is 1.38 bits per heavy atom. The molecule has 1 aromatic heterocycles. The van der Waals surface area contributed by atoms with Crippen molar-refractivity contribution in [3.63, 3.8) is 0 Å². The minimum Gasteiger partial charge on any atom is -0.456 e. The molecule has 5 heteroatoms. The van der Waals surface area contributed by atoms with Gasteiger partial charge in [-0.2, -0.15) is 0 Å². The van der Waals surface area contributed by atoms with Gasteiger partial charge in [-0.3, -0.25) is 0 Å². The van der Waals surface area contributed by atoms with Crippen molar-refractivity contribution >= 4 is 45.7 Å². The first-order chi connectivity index (χ1) is 40.3. The lowest BCUT2D eigenvalue weighted by atomic mass is 9.36. The quantitative estimate of drug-likeness (QED) is 0.120. The van der Waals surface area contributed by atoms with Crippen LogP contribution < -0.4 is 14.7 Å². The SMILES string of the molecule is C=C(/C=C1\C2=CN(c3ccc(C(C)(C)C)cc3-c3ccccc3)C(/C=C\[C@H](C)C(C)C(C)(C)C)=CB2C2=C(C=C(N(/C3=C/C=C\C=CCC3)c3ccccc3)CC=C2)N1c1ccc(-c2ccc3oc4ccccc4c3c2)cc1)C(C)(C)C.CC. The molecule has 1 unspecified atom stereocenters. The highest BCUT2D eigenvalue weighted by molar-refractivity contribution is 6.81. The molecule has 4 aliphatic rings. The van der Waals surface area contributed by atoms with E-state index in [-0.39, 0.29) is 23.0 Å². The van der Waals surface area contributed by atoms with Crippen LogP contribution in [0.1, 0.15) is 115 Å². The fourth-order valence-corrected chi connectivity index (χ4v) is 11.8. The van der Waals surface area contributed by atoms with E-state index in [9.17, 15) is 0 Å². The highest BCUT2D eigenvalue weighted by Gasteiger charge is 2.41. The number of hydrogen-bond acceptors (Lipinski definition) is 4. The van der Waals surface area contributed by atoms with Gasteiger partial charge in [0.1, 0.15) is 11.2 Å². The highest BCUT2D eigenvalue weighted by atomic mass is 16.3. The van der Waals surface area contributed by atoms with Crippen molar-refractivity contribution in [3.8, 4) is 22.3 Å². The Kier molecular flexibility index (Phi) is 17.2. The van der Waals surface area contributed by atoms with Gasteiger partial charge in [0, 0.05) is 68.8 Å². The van der Waals surface area contributed by atoms with Crippen LogP contribution in [0.3, 0.4) is 0 Å². The maximum absolute atomic E-state index is 6.29. The lowest BCUT2D eigenvalue weighted by Crippen LogP contribution is -2.41. The lowest BCUT2D eigenvalue weighted by molar-refractivity contribution is 0.215. The number of allylic oxidation sites excluding steroid dienone is 15. The fourth-order valence-electron chi connectivity index (χ4n) is 11.8. The van der Waals surface area contributed by atoms with Crippen molar-refractivity contribution in [1.82, 2.24) is 0 Å². The molecule has 426 valence electrons. The van der Waals surface area contributed by atoms with Crippen molar-refractivity contribution in [2.75, 3.05) is 14.7 Å². The van der Waals surface area contributed by atoms with E-state index < -0.39 is 0 Å². The topological polar surface area (TPSA) is 22.9 Å². The second kappa shape index (κ2) is 24.5. The molecule has 0 saturated carbocycles. The summed E-state index contributed by atoms with van der Waals surface area (Å²) in [5.74, 6) is 3.34. The average molecular weight is 1100 g/mol. The van der Waals surface area contributed by atoms with Crippen LogP contribution in [0.15, 0.2) is 281 Å². The third kappa shape index (κ3) is 12.3. The van der Waals surface area contributed by atoms with E-state index in [2.05, 4.69) is 303 Å². The molecule has 11 rings (SSSR count). The molecule has 2 aliphatic carbocycles. The smallest absolute Gasteiger partial charge is 0.243 e. The van der Waals surface area contributed by atoms with Gasteiger partial charge in [-0.1, -0.05) is 236 Å². The molecule has 0 amide bonds. The van der Waals surface area contributed by atoms with Gasteiger partial charge in [0.05, 0.1) is 5.69 Å². The van der Waals surface area contributed by atoms with E-state index in [1.165, 1.54) is 39.0 Å². The van der Waals surface area contributed by atoms with Gasteiger partial charge in [0.25, 0.3) is 0 Å². The summed E-state index contributed by atoms with van der Waals surface area (Å²) >= 11 is 0. The second-order valence-electron chi connectivity index (χ2n) is 26.0. The summed E-state index contributed by atoms with van der Waals surface area (Å²) in [6.07, 6.45) is 30.7. The van der Waals surface area contributed by atoms with Crippen LogP contribution in [0, 0.1) is 22.7 Å². The van der Waals surface area contributed by atoms with Crippen LogP contribution in [0.4, 0.5) is 17.1 Å². The molecule has 3 heterocycles. The summed E-state index contributed by atoms with van der Waals surface area (Å²) in [6, 6.07) is 53.2. The van der Waals surface area contributed by atoms with E-state index >= 15 is 0 Å². The number of para-hydroxylation sites is 2. The minimum absolute atomic E-state index is 0.0510. The van der Waals surface area contributed by atoms with E-state index in [4.69, 9.17) is 11.0 Å². The van der Waals surface area contributed by atoms with Crippen LogP contribution in [-0.4, -0.2) is 6.71 Å². The van der Waals surface area contributed by atoms with Crippen molar-refractivity contribution in [3.05, 3.63) is 282 Å². The zero-order valence-electron chi connectivity index (χ0n) is 52.2. The maximum Gasteiger partial charge on any atom is 0.243 e. The minimum atomic E-state index is -0.217. The summed E-state index contributed by atoms with van der Waals surface area (Å²) in [7, 11) is 0. The Morgan fingerprint density at radius 1 is 0.690 bits per heavy atom. The first kappa shape index (κ1) is 58.9. The Labute approximate surface area is 503 Å². The number of rotatable bonds is 11. The van der Waals surface area contributed by atoms with Gasteiger partial charge in [-0.05, 0) is 159 Å². The first-order valence-electron chi connectivity index (χ1n) is 30.6. The van der Waals surface area contributed by atoms with Crippen molar-refractivity contribution in [2.24, 2.45) is 22.7 Å². The molecule has 0 radical (unpaired) electrons. The van der Waals surface area contributed by atoms with Crippen molar-refractivity contribution in [1.29, 1.82) is 0 Å². The van der Waals surface area contributed by atoms with E-state index in [0.717, 1.165) is 92.1 Å². The summed E-state index contributed by atoms with van der Waals surface area (Å²) in [5, 5.41) is 2.25. The number of hydrogen-bond donors (Lipinski definition) is 0. The summed E-state index contributed by atoms with van der Waals surface area (Å²) in [5.41, 5.74) is 20.4. The summed E-state index contributed by atoms with van der Waals surface area (Å²) in [4.78, 5) is 7.55. The van der Waals surface area contributed by atoms with E-state index in [1.54, 1.807) is 0 Å². The number of fused-ring (bicyclic) bond motifs is 5. The van der Waals surface area contributed by atoms with E-state index in [1.807, 2.05) is 26.0 Å². The predicted molar refractivity (Wildman–Crippen MR) is 365 cm³/mol. The molecule has 6 aromatic carbocycles. The monoisotopic (exact) mass is 1100 g/mol. The van der Waals surface area contributed by atoms with E-state index in [0.29, 0.717) is 11.8 Å². The third-order valence-corrected chi connectivity index (χ3v) is 17.4. The highest BCUT2D eigenvalue weighted by Crippen LogP contribution is 2.48. The standard InChI is InChI=1S/C77H80BN3O.C2H6/c1-53(55(3)76(7,8)9)37-42-64-51-78-68-35-26-33-63(80(61-31-22-17-23-32-61)60-29-20-14-13-15-21-30-60)50-72(68)81(62-43-38-56(39-44-62)58-40-46-74-67(48-58)65-34-24-25-36-73(65)82-74)71(47-54(2)75(4,5)6)69(78)52-79(64)70-45-41-59(77(10,11)12)49-66(70)57-27-18-16-19-28-57;1-2/h13-20,22-29,31-32,34-53,55H,2,21,30,33H2,1,3-12H3;1-2H3/b15-13?,20-14-,42-37-,60-29+,71-47+;/t53-,55?;/m0./s1. The lowest BCUT2D eigenvalue weighted by Gasteiger charge is -2.43. The Morgan fingerprint density at radius 3 is 2.10 bits per heavy atom. The molecule has 2 aliphatic heterocycles. The molecule has 0 spiro atoms. The van der Waals surface area contributed by atoms with Crippen molar-refractivity contribution in [2.45, 2.75) is 115 Å². The molecular formula is C79H86BN3O. The van der Waals surface area contributed by atoms with Crippen LogP contribution >= 0.6 is 0 Å². The normalized spacial score (nSPS) is 17.9. The fraction of sp³-hybridized carbons (Fsp3) is 0.266. The number of furan rings is 1. The molecule has 7 aromatic rings. The zero-order valence-corrected chi connectivity index (χ0v) is 52.2. The van der Waals surface area contributed by atoms with Gasteiger partial charge in [-0.15, -0.1) is 0 Å². The van der Waals surface area contributed by atoms with Crippen molar-refractivity contribution < 1.29 is 4.42 Å². The molecule has 84 heavy (non-hydrogen) atoms. The summed E-state index contributed by atoms with van der Waals surface area (Å²) in [6.45, 7) is 34.4. The first-order valence-corrected chi connectivity index (χ1v) is 30.6. The van der Waals surface area contributed by atoms with Gasteiger partial charge >= 0.3 is 0 Å². The van der Waals surface area contributed by atoms with Crippen LogP contribution in [0.5, 0.6) is 0 Å². The molecule has 4 nitrogen and oxygen atoms in total. The maximum atomic E-state index is 6.29. The van der Waals surface area contributed by atoms with Crippen LogP contribution in [-0.2, 0) is 5.41 Å². The number of anilines is 3. The Hall–Kier alpha value is -8.28. The number of nitrogens with zero attached hydrogens (tertiary/aromatic N) is 3. The average Bonchev–Trinajstić information content (AvgIpc) is 1.13. The molecular weight excluding hydrogens is 1020 g/mol.